The van der Waals surface area contributed by atoms with E-state index >= 15 is 0 Å². The Morgan fingerprint density at radius 2 is 1.77 bits per heavy atom. The summed E-state index contributed by atoms with van der Waals surface area (Å²) >= 11 is 0. The summed E-state index contributed by atoms with van der Waals surface area (Å²) in [6.45, 7) is 1.91. The fraction of sp³-hybridized carbons (Fsp3) is 0.294. The first kappa shape index (κ1) is 15.8. The van der Waals surface area contributed by atoms with Crippen LogP contribution in [0, 0.1) is 0 Å². The topological polar surface area (TPSA) is 53.8 Å². The molecule has 0 fully saturated rings. The van der Waals surface area contributed by atoms with Gasteiger partial charge < -0.3 is 14.2 Å². The van der Waals surface area contributed by atoms with Gasteiger partial charge in [0.25, 0.3) is 5.91 Å². The number of carbonyl (C=O) groups excluding carboxylic acids is 2. The fourth-order valence-electron chi connectivity index (χ4n) is 2.12. The lowest BCUT2D eigenvalue weighted by Gasteiger charge is -2.26. The predicted octanol–water partition coefficient (Wildman–Crippen LogP) is 2.57. The molecule has 0 radical (unpaired) electrons. The smallest absolute Gasteiger partial charge is 0.254 e. The zero-order valence-corrected chi connectivity index (χ0v) is 13.0. The molecule has 0 N–H and O–H groups in total. The van der Waals surface area contributed by atoms with Crippen molar-refractivity contribution < 1.29 is 14.0 Å². The van der Waals surface area contributed by atoms with Gasteiger partial charge in [-0.15, -0.1) is 0 Å². The lowest BCUT2D eigenvalue weighted by atomic mass is 10.2. The molecule has 116 valence electrons. The SMILES string of the molecule is CC(c1ccco1)N(C)C(=O)CN(C)C(=O)c1ccccc1. The van der Waals surface area contributed by atoms with Gasteiger partial charge in [0.05, 0.1) is 18.8 Å². The highest BCUT2D eigenvalue weighted by Gasteiger charge is 2.22. The van der Waals surface area contributed by atoms with Crippen LogP contribution in [0.1, 0.15) is 29.1 Å². The molecular weight excluding hydrogens is 280 g/mol. The van der Waals surface area contributed by atoms with Crippen molar-refractivity contribution in [3.8, 4) is 0 Å². The highest BCUT2D eigenvalue weighted by atomic mass is 16.3. The lowest BCUT2D eigenvalue weighted by Crippen LogP contribution is -2.40. The number of benzene rings is 1. The molecule has 2 amide bonds. The van der Waals surface area contributed by atoms with Gasteiger partial charge in [-0.3, -0.25) is 9.59 Å². The molecule has 0 aliphatic heterocycles. The first-order valence-corrected chi connectivity index (χ1v) is 7.10. The van der Waals surface area contributed by atoms with E-state index in [4.69, 9.17) is 4.42 Å². The summed E-state index contributed by atoms with van der Waals surface area (Å²) in [5.41, 5.74) is 0.569. The second-order valence-corrected chi connectivity index (χ2v) is 5.22. The van der Waals surface area contributed by atoms with Crippen LogP contribution < -0.4 is 0 Å². The number of rotatable bonds is 5. The minimum absolute atomic E-state index is 0.0231. The zero-order valence-electron chi connectivity index (χ0n) is 13.0. The highest BCUT2D eigenvalue weighted by Crippen LogP contribution is 2.19. The number of likely N-dealkylation sites (N-methyl/N-ethyl adjacent to an activating group) is 2. The molecule has 1 aromatic carbocycles. The van der Waals surface area contributed by atoms with E-state index in [1.165, 1.54) is 4.90 Å². The summed E-state index contributed by atoms with van der Waals surface area (Å²) in [6.07, 6.45) is 1.58. The van der Waals surface area contributed by atoms with Crippen molar-refractivity contribution in [1.82, 2.24) is 9.80 Å². The molecule has 2 aromatic rings. The molecule has 5 nitrogen and oxygen atoms in total. The van der Waals surface area contributed by atoms with Crippen LogP contribution in [-0.4, -0.2) is 42.3 Å². The van der Waals surface area contributed by atoms with Gasteiger partial charge >= 0.3 is 0 Å². The molecule has 0 spiro atoms. The molecule has 0 bridgehead atoms. The molecule has 0 aliphatic carbocycles. The summed E-state index contributed by atoms with van der Waals surface area (Å²) in [6, 6.07) is 12.4. The Morgan fingerprint density at radius 1 is 1.09 bits per heavy atom. The quantitative estimate of drug-likeness (QED) is 0.853. The summed E-state index contributed by atoms with van der Waals surface area (Å²) in [7, 11) is 3.33. The van der Waals surface area contributed by atoms with Gasteiger partial charge in [0, 0.05) is 19.7 Å². The first-order chi connectivity index (χ1) is 10.5. The third-order valence-corrected chi connectivity index (χ3v) is 3.67. The molecule has 0 aliphatic rings. The maximum atomic E-state index is 12.3. The Kier molecular flexibility index (Phi) is 4.99. The maximum Gasteiger partial charge on any atom is 0.254 e. The average Bonchev–Trinajstić information content (AvgIpc) is 3.07. The van der Waals surface area contributed by atoms with Gasteiger partial charge in [0.2, 0.25) is 5.91 Å². The molecule has 2 rings (SSSR count). The molecule has 22 heavy (non-hydrogen) atoms. The standard InChI is InChI=1S/C17H20N2O3/c1-13(15-10-7-11-22-15)19(3)16(20)12-18(2)17(21)14-8-5-4-6-9-14/h4-11,13H,12H2,1-3H3. The Hall–Kier alpha value is -2.56. The van der Waals surface area contributed by atoms with Gasteiger partial charge in [-0.1, -0.05) is 18.2 Å². The van der Waals surface area contributed by atoms with Crippen LogP contribution >= 0.6 is 0 Å². The van der Waals surface area contributed by atoms with E-state index in [1.54, 1.807) is 55.6 Å². The Labute approximate surface area is 130 Å². The van der Waals surface area contributed by atoms with Crippen LogP contribution in [0.15, 0.2) is 53.1 Å². The zero-order chi connectivity index (χ0) is 16.1. The minimum Gasteiger partial charge on any atom is -0.467 e. The van der Waals surface area contributed by atoms with Crippen LogP contribution in [0.5, 0.6) is 0 Å². The summed E-state index contributed by atoms with van der Waals surface area (Å²) < 4.78 is 5.31. The summed E-state index contributed by atoms with van der Waals surface area (Å²) in [4.78, 5) is 27.6. The van der Waals surface area contributed by atoms with E-state index in [0.717, 1.165) is 0 Å². The molecule has 0 saturated carbocycles. The van der Waals surface area contributed by atoms with Gasteiger partial charge in [-0.05, 0) is 31.2 Å². The van der Waals surface area contributed by atoms with E-state index in [2.05, 4.69) is 0 Å². The number of hydrogen-bond acceptors (Lipinski definition) is 3. The van der Waals surface area contributed by atoms with Crippen molar-refractivity contribution in [3.63, 3.8) is 0 Å². The molecular formula is C17H20N2O3. The Morgan fingerprint density at radius 3 is 2.36 bits per heavy atom. The van der Waals surface area contributed by atoms with Crippen LogP contribution in [0.3, 0.4) is 0 Å². The first-order valence-electron chi connectivity index (χ1n) is 7.10. The predicted molar refractivity (Wildman–Crippen MR) is 83.3 cm³/mol. The lowest BCUT2D eigenvalue weighted by molar-refractivity contribution is -0.132. The molecule has 1 aromatic heterocycles. The van der Waals surface area contributed by atoms with Gasteiger partial charge in [-0.2, -0.15) is 0 Å². The van der Waals surface area contributed by atoms with Crippen molar-refractivity contribution in [3.05, 3.63) is 60.1 Å². The Balaban J connectivity index is 1.97. The third-order valence-electron chi connectivity index (χ3n) is 3.67. The Bertz CT molecular complexity index is 623. The summed E-state index contributed by atoms with van der Waals surface area (Å²) in [5, 5.41) is 0. The van der Waals surface area contributed by atoms with E-state index < -0.39 is 0 Å². The van der Waals surface area contributed by atoms with Gasteiger partial charge in [-0.25, -0.2) is 0 Å². The van der Waals surface area contributed by atoms with Gasteiger partial charge in [0.1, 0.15) is 5.76 Å². The van der Waals surface area contributed by atoms with Crippen LogP contribution in [0.2, 0.25) is 0 Å². The minimum atomic E-state index is -0.178. The van der Waals surface area contributed by atoms with Crippen molar-refractivity contribution in [1.29, 1.82) is 0 Å². The monoisotopic (exact) mass is 300 g/mol. The van der Waals surface area contributed by atoms with Crippen molar-refractivity contribution in [2.45, 2.75) is 13.0 Å². The molecule has 1 unspecified atom stereocenters. The largest absolute Gasteiger partial charge is 0.467 e. The second kappa shape index (κ2) is 6.93. The number of amides is 2. The number of carbonyl (C=O) groups is 2. The molecule has 1 atom stereocenters. The third kappa shape index (κ3) is 3.55. The normalized spacial score (nSPS) is 11.8. The average molecular weight is 300 g/mol. The molecule has 1 heterocycles. The molecule has 0 saturated heterocycles. The highest BCUT2D eigenvalue weighted by molar-refractivity contribution is 5.96. The maximum absolute atomic E-state index is 12.3. The van der Waals surface area contributed by atoms with Crippen molar-refractivity contribution >= 4 is 11.8 Å². The van der Waals surface area contributed by atoms with Crippen LogP contribution in [0.4, 0.5) is 0 Å². The van der Waals surface area contributed by atoms with Crippen LogP contribution in [-0.2, 0) is 4.79 Å². The van der Waals surface area contributed by atoms with Crippen LogP contribution in [0.25, 0.3) is 0 Å². The van der Waals surface area contributed by atoms with Gasteiger partial charge in [0.15, 0.2) is 0 Å². The number of nitrogens with zero attached hydrogens (tertiary/aromatic N) is 2. The van der Waals surface area contributed by atoms with Crippen molar-refractivity contribution in [2.24, 2.45) is 0 Å². The van der Waals surface area contributed by atoms with E-state index in [1.807, 2.05) is 19.1 Å². The summed E-state index contributed by atoms with van der Waals surface area (Å²) in [5.74, 6) is 0.400. The van der Waals surface area contributed by atoms with E-state index in [9.17, 15) is 9.59 Å². The fourth-order valence-corrected chi connectivity index (χ4v) is 2.12. The number of furan rings is 1. The molecule has 5 heteroatoms. The number of hydrogen-bond donors (Lipinski definition) is 0. The van der Waals surface area contributed by atoms with E-state index in [-0.39, 0.29) is 24.4 Å². The second-order valence-electron chi connectivity index (χ2n) is 5.22. The van der Waals surface area contributed by atoms with E-state index in [0.29, 0.717) is 11.3 Å². The van der Waals surface area contributed by atoms with Crippen molar-refractivity contribution in [2.75, 3.05) is 20.6 Å².